The number of carbonyl (C=O) groups is 1. The van der Waals surface area contributed by atoms with Gasteiger partial charge in [0.25, 0.3) is 0 Å². The number of hydrogen-bond donors (Lipinski definition) is 1. The van der Waals surface area contributed by atoms with E-state index >= 15 is 0 Å². The van der Waals surface area contributed by atoms with Crippen molar-refractivity contribution in [3.8, 4) is 11.4 Å². The maximum Gasteiger partial charge on any atom is 0.213 e. The van der Waals surface area contributed by atoms with Crippen molar-refractivity contribution >= 4 is 22.9 Å². The standard InChI is InChI=1S/C21H17FN4O/c1-13-10-11-26-19(12-13)25-20(17-4-3-5-18(22)24-17)21(26)23-16-8-6-15(7-9-16)14(2)27/h3-12,23H,1-2H3. The topological polar surface area (TPSA) is 59.3 Å². The van der Waals surface area contributed by atoms with Crippen LogP contribution in [0.1, 0.15) is 22.8 Å². The average Bonchev–Trinajstić information content (AvgIpc) is 2.99. The number of nitrogens with zero attached hydrogens (tertiary/aromatic N) is 3. The number of benzene rings is 1. The molecule has 0 aliphatic rings. The van der Waals surface area contributed by atoms with E-state index in [0.717, 1.165) is 16.9 Å². The number of carbonyl (C=O) groups excluding carboxylic acids is 1. The van der Waals surface area contributed by atoms with E-state index in [1.165, 1.54) is 13.0 Å². The van der Waals surface area contributed by atoms with Crippen molar-refractivity contribution in [1.82, 2.24) is 14.4 Å². The van der Waals surface area contributed by atoms with Gasteiger partial charge in [0.2, 0.25) is 5.95 Å². The van der Waals surface area contributed by atoms with E-state index in [9.17, 15) is 9.18 Å². The van der Waals surface area contributed by atoms with Crippen LogP contribution in [-0.2, 0) is 0 Å². The monoisotopic (exact) mass is 360 g/mol. The highest BCUT2D eigenvalue weighted by Crippen LogP contribution is 2.30. The lowest BCUT2D eigenvalue weighted by Gasteiger charge is -2.09. The molecule has 0 saturated carbocycles. The SMILES string of the molecule is CC(=O)c1ccc(Nc2c(-c3cccc(F)n3)nc3cc(C)ccn23)cc1. The lowest BCUT2D eigenvalue weighted by atomic mass is 10.1. The fourth-order valence-corrected chi connectivity index (χ4v) is 2.91. The van der Waals surface area contributed by atoms with Crippen molar-refractivity contribution in [2.75, 3.05) is 5.32 Å². The molecule has 5 nitrogen and oxygen atoms in total. The lowest BCUT2D eigenvalue weighted by Crippen LogP contribution is -1.99. The number of aryl methyl sites for hydroxylation is 1. The first-order valence-corrected chi connectivity index (χ1v) is 8.51. The zero-order chi connectivity index (χ0) is 19.0. The highest BCUT2D eigenvalue weighted by atomic mass is 19.1. The Hall–Kier alpha value is -3.54. The van der Waals surface area contributed by atoms with E-state index in [2.05, 4.69) is 15.3 Å². The molecule has 27 heavy (non-hydrogen) atoms. The highest BCUT2D eigenvalue weighted by Gasteiger charge is 2.16. The fraction of sp³-hybridized carbons (Fsp3) is 0.0952. The predicted molar refractivity (Wildman–Crippen MR) is 103 cm³/mol. The van der Waals surface area contributed by atoms with E-state index in [1.54, 1.807) is 24.3 Å². The number of imidazole rings is 1. The van der Waals surface area contributed by atoms with Gasteiger partial charge >= 0.3 is 0 Å². The van der Waals surface area contributed by atoms with Crippen LogP contribution >= 0.6 is 0 Å². The summed E-state index contributed by atoms with van der Waals surface area (Å²) in [5, 5.41) is 3.33. The highest BCUT2D eigenvalue weighted by molar-refractivity contribution is 5.94. The third-order valence-electron chi connectivity index (χ3n) is 4.29. The van der Waals surface area contributed by atoms with Gasteiger partial charge in [-0.25, -0.2) is 9.97 Å². The number of pyridine rings is 2. The van der Waals surface area contributed by atoms with Crippen LogP contribution < -0.4 is 5.32 Å². The molecule has 0 aliphatic carbocycles. The molecule has 134 valence electrons. The first kappa shape index (κ1) is 16.9. The number of fused-ring (bicyclic) bond motifs is 1. The van der Waals surface area contributed by atoms with E-state index in [-0.39, 0.29) is 5.78 Å². The summed E-state index contributed by atoms with van der Waals surface area (Å²) < 4.78 is 15.5. The molecular weight excluding hydrogens is 343 g/mol. The molecule has 0 spiro atoms. The van der Waals surface area contributed by atoms with E-state index < -0.39 is 5.95 Å². The first-order chi connectivity index (χ1) is 13.0. The summed E-state index contributed by atoms with van der Waals surface area (Å²) in [6.07, 6.45) is 1.91. The lowest BCUT2D eigenvalue weighted by molar-refractivity contribution is 0.101. The number of halogens is 1. The minimum atomic E-state index is -0.558. The number of aromatic nitrogens is 3. The number of ketones is 1. The average molecular weight is 360 g/mol. The van der Waals surface area contributed by atoms with Crippen LogP contribution in [0.3, 0.4) is 0 Å². The van der Waals surface area contributed by atoms with Crippen molar-refractivity contribution in [3.05, 3.63) is 77.9 Å². The summed E-state index contributed by atoms with van der Waals surface area (Å²) in [6, 6.07) is 15.7. The van der Waals surface area contributed by atoms with Gasteiger partial charge in [0.05, 0.1) is 5.69 Å². The third-order valence-corrected chi connectivity index (χ3v) is 4.29. The summed E-state index contributed by atoms with van der Waals surface area (Å²) >= 11 is 0. The van der Waals surface area contributed by atoms with E-state index in [4.69, 9.17) is 0 Å². The van der Waals surface area contributed by atoms with Crippen LogP contribution in [0.15, 0.2) is 60.8 Å². The Bertz CT molecular complexity index is 1150. The summed E-state index contributed by atoms with van der Waals surface area (Å²) in [6.45, 7) is 3.52. The van der Waals surface area contributed by atoms with Crippen molar-refractivity contribution < 1.29 is 9.18 Å². The second kappa shape index (κ2) is 6.64. The van der Waals surface area contributed by atoms with Gasteiger partial charge in [-0.2, -0.15) is 4.39 Å². The second-order valence-electron chi connectivity index (χ2n) is 6.35. The zero-order valence-electron chi connectivity index (χ0n) is 14.9. The quantitative estimate of drug-likeness (QED) is 0.420. The van der Waals surface area contributed by atoms with Gasteiger partial charge in [0.1, 0.15) is 17.2 Å². The molecule has 0 amide bonds. The van der Waals surface area contributed by atoms with Crippen LogP contribution in [0.5, 0.6) is 0 Å². The Labute approximate surface area is 155 Å². The minimum absolute atomic E-state index is 0.0106. The molecule has 1 N–H and O–H groups in total. The first-order valence-electron chi connectivity index (χ1n) is 8.51. The molecule has 4 rings (SSSR count). The molecule has 0 fully saturated rings. The van der Waals surface area contributed by atoms with Crippen molar-refractivity contribution in [2.24, 2.45) is 0 Å². The molecule has 0 unspecified atom stereocenters. The fourth-order valence-electron chi connectivity index (χ4n) is 2.91. The summed E-state index contributed by atoms with van der Waals surface area (Å²) in [7, 11) is 0. The molecule has 0 saturated heterocycles. The summed E-state index contributed by atoms with van der Waals surface area (Å²) in [4.78, 5) is 20.1. The van der Waals surface area contributed by atoms with Crippen LogP contribution in [0.25, 0.3) is 17.0 Å². The van der Waals surface area contributed by atoms with Crippen molar-refractivity contribution in [3.63, 3.8) is 0 Å². The molecule has 0 atom stereocenters. The molecule has 0 radical (unpaired) electrons. The molecule has 6 heteroatoms. The Kier molecular flexibility index (Phi) is 4.16. The van der Waals surface area contributed by atoms with Gasteiger partial charge in [0.15, 0.2) is 5.78 Å². The Morgan fingerprint density at radius 3 is 2.56 bits per heavy atom. The van der Waals surface area contributed by atoms with Gasteiger partial charge in [-0.15, -0.1) is 0 Å². The maximum atomic E-state index is 13.7. The molecule has 1 aromatic carbocycles. The Morgan fingerprint density at radius 2 is 1.85 bits per heavy atom. The minimum Gasteiger partial charge on any atom is -0.339 e. The van der Waals surface area contributed by atoms with Crippen LogP contribution in [0.4, 0.5) is 15.9 Å². The van der Waals surface area contributed by atoms with Crippen LogP contribution in [0, 0.1) is 12.9 Å². The maximum absolute atomic E-state index is 13.7. The third kappa shape index (κ3) is 3.29. The normalized spacial score (nSPS) is 10.9. The number of hydrogen-bond acceptors (Lipinski definition) is 4. The van der Waals surface area contributed by atoms with E-state index in [1.807, 2.05) is 41.8 Å². The Balaban J connectivity index is 1.84. The number of Topliss-reactive ketones (excluding diaryl/α,β-unsaturated/α-hetero) is 1. The molecule has 4 aromatic rings. The predicted octanol–water partition coefficient (Wildman–Crippen LogP) is 4.79. The van der Waals surface area contributed by atoms with Crippen LogP contribution in [-0.4, -0.2) is 20.2 Å². The van der Waals surface area contributed by atoms with Gasteiger partial charge < -0.3 is 5.32 Å². The largest absolute Gasteiger partial charge is 0.339 e. The number of rotatable bonds is 4. The van der Waals surface area contributed by atoms with Gasteiger partial charge in [-0.1, -0.05) is 6.07 Å². The Morgan fingerprint density at radius 1 is 1.07 bits per heavy atom. The zero-order valence-corrected chi connectivity index (χ0v) is 14.9. The molecule has 3 heterocycles. The van der Waals surface area contributed by atoms with Gasteiger partial charge in [0, 0.05) is 17.4 Å². The number of nitrogens with one attached hydrogen (secondary N) is 1. The summed E-state index contributed by atoms with van der Waals surface area (Å²) in [5.74, 6) is 0.132. The van der Waals surface area contributed by atoms with Gasteiger partial charge in [-0.3, -0.25) is 9.20 Å². The molecule has 0 aliphatic heterocycles. The van der Waals surface area contributed by atoms with Crippen molar-refractivity contribution in [1.29, 1.82) is 0 Å². The molecule has 0 bridgehead atoms. The van der Waals surface area contributed by atoms with E-state index in [0.29, 0.717) is 22.8 Å². The van der Waals surface area contributed by atoms with Crippen molar-refractivity contribution in [2.45, 2.75) is 13.8 Å². The molecule has 3 aromatic heterocycles. The van der Waals surface area contributed by atoms with Gasteiger partial charge in [-0.05, 0) is 67.9 Å². The molecular formula is C21H17FN4O. The smallest absolute Gasteiger partial charge is 0.213 e. The van der Waals surface area contributed by atoms with Crippen LogP contribution in [0.2, 0.25) is 0 Å². The number of anilines is 2. The summed E-state index contributed by atoms with van der Waals surface area (Å²) in [5.41, 5.74) is 4.24. The second-order valence-corrected chi connectivity index (χ2v) is 6.35.